The van der Waals surface area contributed by atoms with Gasteiger partial charge in [0.2, 0.25) is 5.91 Å². The zero-order valence-electron chi connectivity index (χ0n) is 15.9. The maximum absolute atomic E-state index is 12.2. The van der Waals surface area contributed by atoms with Crippen LogP contribution >= 0.6 is 11.8 Å². The molecule has 0 saturated heterocycles. The number of pyridine rings is 1. The number of nitrogens with one attached hydrogen (secondary N) is 1. The Morgan fingerprint density at radius 1 is 1.18 bits per heavy atom. The number of rotatable bonds is 7. The molecule has 0 atom stereocenters. The maximum Gasteiger partial charge on any atom is 0.258 e. The van der Waals surface area contributed by atoms with Gasteiger partial charge in [-0.05, 0) is 30.7 Å². The van der Waals surface area contributed by atoms with Gasteiger partial charge in [0.1, 0.15) is 17.1 Å². The minimum Gasteiger partial charge on any atom is -0.497 e. The average Bonchev–Trinajstić information content (AvgIpc) is 2.69. The molecule has 146 valence electrons. The van der Waals surface area contributed by atoms with Crippen molar-refractivity contribution in [2.45, 2.75) is 12.7 Å². The van der Waals surface area contributed by atoms with E-state index in [0.29, 0.717) is 34.3 Å². The number of nitrogens with zero attached hydrogens (tertiary/aromatic N) is 2. The van der Waals surface area contributed by atoms with E-state index in [-0.39, 0.29) is 17.2 Å². The van der Waals surface area contributed by atoms with Crippen molar-refractivity contribution < 1.29 is 14.3 Å². The van der Waals surface area contributed by atoms with Gasteiger partial charge in [0.05, 0.1) is 31.4 Å². The first-order valence-corrected chi connectivity index (χ1v) is 9.74. The summed E-state index contributed by atoms with van der Waals surface area (Å²) in [5, 5.41) is 2.82. The lowest BCUT2D eigenvalue weighted by atomic mass is 10.2. The zero-order valence-corrected chi connectivity index (χ0v) is 16.7. The van der Waals surface area contributed by atoms with Crippen molar-refractivity contribution in [1.29, 1.82) is 0 Å². The fourth-order valence-corrected chi connectivity index (χ4v) is 3.39. The van der Waals surface area contributed by atoms with E-state index in [9.17, 15) is 9.59 Å². The summed E-state index contributed by atoms with van der Waals surface area (Å²) in [6.45, 7) is 1.92. The Hall–Kier alpha value is -3.00. The molecule has 0 bridgehead atoms. The van der Waals surface area contributed by atoms with Gasteiger partial charge in [0, 0.05) is 24.1 Å². The quantitative estimate of drug-likeness (QED) is 0.658. The van der Waals surface area contributed by atoms with Crippen molar-refractivity contribution in [3.63, 3.8) is 0 Å². The number of hydrogen-bond acceptors (Lipinski definition) is 6. The summed E-state index contributed by atoms with van der Waals surface area (Å²) in [4.78, 5) is 28.9. The first-order chi connectivity index (χ1) is 13.5. The number of fused-ring (bicyclic) bond motifs is 1. The molecule has 0 spiro atoms. The molecule has 0 aliphatic rings. The summed E-state index contributed by atoms with van der Waals surface area (Å²) in [5.41, 5.74) is 2.68. The van der Waals surface area contributed by atoms with Gasteiger partial charge < -0.3 is 14.8 Å². The third kappa shape index (κ3) is 4.64. The monoisotopic (exact) mass is 399 g/mol. The molecule has 0 saturated carbocycles. The molecular formula is C20H21N3O4S. The highest BCUT2D eigenvalue weighted by Crippen LogP contribution is 2.29. The van der Waals surface area contributed by atoms with Gasteiger partial charge in [-0.2, -0.15) is 0 Å². The van der Waals surface area contributed by atoms with Gasteiger partial charge in [0.25, 0.3) is 5.56 Å². The number of carbonyl (C=O) groups is 1. The third-order valence-electron chi connectivity index (χ3n) is 4.03. The van der Waals surface area contributed by atoms with E-state index in [2.05, 4.69) is 10.3 Å². The number of ether oxygens (including phenoxy) is 2. The predicted octanol–water partition coefficient (Wildman–Crippen LogP) is 2.89. The zero-order chi connectivity index (χ0) is 20.1. The van der Waals surface area contributed by atoms with Crippen LogP contribution in [0.2, 0.25) is 0 Å². The Morgan fingerprint density at radius 2 is 2.00 bits per heavy atom. The number of thioether (sulfide) groups is 1. The average molecular weight is 399 g/mol. The van der Waals surface area contributed by atoms with E-state index in [0.717, 1.165) is 5.56 Å². The Labute approximate surface area is 166 Å². The number of amides is 1. The molecule has 1 amide bonds. The summed E-state index contributed by atoms with van der Waals surface area (Å²) < 4.78 is 11.9. The number of benzene rings is 1. The van der Waals surface area contributed by atoms with E-state index in [1.165, 1.54) is 29.3 Å². The molecule has 0 unspecified atom stereocenters. The molecule has 3 aromatic rings. The summed E-state index contributed by atoms with van der Waals surface area (Å²) in [5.74, 6) is 1.70. The van der Waals surface area contributed by atoms with Crippen LogP contribution in [0.15, 0.2) is 47.4 Å². The largest absolute Gasteiger partial charge is 0.497 e. The molecule has 28 heavy (non-hydrogen) atoms. The van der Waals surface area contributed by atoms with Crippen molar-refractivity contribution in [2.75, 3.05) is 25.3 Å². The van der Waals surface area contributed by atoms with Gasteiger partial charge >= 0.3 is 0 Å². The Morgan fingerprint density at radius 3 is 2.75 bits per heavy atom. The molecule has 2 heterocycles. The van der Waals surface area contributed by atoms with Crippen molar-refractivity contribution in [3.05, 3.63) is 64.2 Å². The lowest BCUT2D eigenvalue weighted by molar-refractivity contribution is -0.113. The molecule has 7 nitrogen and oxygen atoms in total. The van der Waals surface area contributed by atoms with Crippen LogP contribution in [0.4, 0.5) is 5.69 Å². The van der Waals surface area contributed by atoms with Gasteiger partial charge in [0.15, 0.2) is 0 Å². The summed E-state index contributed by atoms with van der Waals surface area (Å²) in [7, 11) is 3.10. The van der Waals surface area contributed by atoms with Crippen molar-refractivity contribution in [3.8, 4) is 11.5 Å². The molecule has 0 aliphatic carbocycles. The minimum absolute atomic E-state index is 0.128. The van der Waals surface area contributed by atoms with Crippen LogP contribution in [-0.4, -0.2) is 35.3 Å². The molecule has 1 N–H and O–H groups in total. The maximum atomic E-state index is 12.2. The second-order valence-electron chi connectivity index (χ2n) is 6.13. The summed E-state index contributed by atoms with van der Waals surface area (Å²) >= 11 is 1.39. The van der Waals surface area contributed by atoms with Crippen LogP contribution in [0.1, 0.15) is 11.3 Å². The summed E-state index contributed by atoms with van der Waals surface area (Å²) in [6, 6.07) is 10.4. The number of anilines is 1. The van der Waals surface area contributed by atoms with Crippen molar-refractivity contribution in [2.24, 2.45) is 0 Å². The van der Waals surface area contributed by atoms with E-state index >= 15 is 0 Å². The van der Waals surface area contributed by atoms with Crippen LogP contribution in [0, 0.1) is 6.92 Å². The van der Waals surface area contributed by atoms with Crippen LogP contribution in [0.25, 0.3) is 5.65 Å². The number of methoxy groups -OCH3 is 2. The highest BCUT2D eigenvalue weighted by Gasteiger charge is 2.10. The second kappa shape index (κ2) is 8.79. The fraction of sp³-hybridized carbons (Fsp3) is 0.250. The highest BCUT2D eigenvalue weighted by molar-refractivity contribution is 7.99. The Bertz CT molecular complexity index is 1060. The van der Waals surface area contributed by atoms with Gasteiger partial charge in [-0.25, -0.2) is 4.98 Å². The Kier molecular flexibility index (Phi) is 6.20. The lowest BCUT2D eigenvalue weighted by Crippen LogP contribution is -2.16. The molecule has 8 heteroatoms. The first kappa shape index (κ1) is 19.8. The molecule has 2 aromatic heterocycles. The Balaban J connectivity index is 1.61. The molecule has 0 radical (unpaired) electrons. The van der Waals surface area contributed by atoms with Crippen LogP contribution in [0.3, 0.4) is 0 Å². The molecule has 3 rings (SSSR count). The van der Waals surface area contributed by atoms with Crippen LogP contribution in [0.5, 0.6) is 11.5 Å². The second-order valence-corrected chi connectivity index (χ2v) is 7.11. The number of aryl methyl sites for hydroxylation is 1. The van der Waals surface area contributed by atoms with E-state index in [1.54, 1.807) is 31.5 Å². The van der Waals surface area contributed by atoms with Crippen molar-refractivity contribution >= 4 is 29.0 Å². The van der Waals surface area contributed by atoms with E-state index in [4.69, 9.17) is 9.47 Å². The SMILES string of the molecule is COc1ccc(NC(=O)CSCc2cc(=O)n3cc(C)ccc3n2)c(OC)c1. The molecule has 1 aromatic carbocycles. The highest BCUT2D eigenvalue weighted by atomic mass is 32.2. The topological polar surface area (TPSA) is 81.9 Å². The van der Waals surface area contributed by atoms with E-state index < -0.39 is 0 Å². The molecule has 0 aliphatic heterocycles. The van der Waals surface area contributed by atoms with Crippen LogP contribution < -0.4 is 20.3 Å². The first-order valence-electron chi connectivity index (χ1n) is 8.58. The number of carbonyl (C=O) groups excluding carboxylic acids is 1. The van der Waals surface area contributed by atoms with Gasteiger partial charge in [-0.15, -0.1) is 11.8 Å². The summed E-state index contributed by atoms with van der Waals surface area (Å²) in [6.07, 6.45) is 1.76. The fourth-order valence-electron chi connectivity index (χ4n) is 2.67. The van der Waals surface area contributed by atoms with Crippen LogP contribution in [-0.2, 0) is 10.5 Å². The van der Waals surface area contributed by atoms with E-state index in [1.807, 2.05) is 19.1 Å². The number of aromatic nitrogens is 2. The third-order valence-corrected chi connectivity index (χ3v) is 4.99. The van der Waals surface area contributed by atoms with Crippen molar-refractivity contribution in [1.82, 2.24) is 9.38 Å². The normalized spacial score (nSPS) is 10.7. The molecule has 0 fully saturated rings. The van der Waals surface area contributed by atoms with Gasteiger partial charge in [-0.3, -0.25) is 14.0 Å². The number of hydrogen-bond donors (Lipinski definition) is 1. The predicted molar refractivity (Wildman–Crippen MR) is 111 cm³/mol. The lowest BCUT2D eigenvalue weighted by Gasteiger charge is -2.11. The molecular weight excluding hydrogens is 378 g/mol. The minimum atomic E-state index is -0.165. The smallest absolute Gasteiger partial charge is 0.258 e. The standard InChI is InChI=1S/C20H21N3O4S/c1-13-4-7-18-21-14(8-20(25)23(18)10-13)11-28-12-19(24)22-16-6-5-15(26-2)9-17(16)27-3/h4-10H,11-12H2,1-3H3,(H,22,24). The van der Waals surface area contributed by atoms with Gasteiger partial charge in [-0.1, -0.05) is 6.07 Å².